The summed E-state index contributed by atoms with van der Waals surface area (Å²) in [6.07, 6.45) is -7.11. The standard InChI is InChI=1S/C29H25F6NO8S/c30-19-6-17(7-20(10-19)44-26(31)32)16-4-5-24-23(8-16)36(45(41,42)22-3-1-2-18(9-22)29(33,34)35)12-21(43-24)11-27(25(38)39)13-28(40,14-27)15-37/h1-10,21,26,37,40H,11-15H2,(H,38,39)/t21-,27-,28+/m0/s1. The maximum atomic E-state index is 14.3. The van der Waals surface area contributed by atoms with E-state index in [9.17, 15) is 54.9 Å². The molecule has 1 aliphatic heterocycles. The van der Waals surface area contributed by atoms with Gasteiger partial charge in [-0.15, -0.1) is 0 Å². The van der Waals surface area contributed by atoms with Gasteiger partial charge in [0.05, 0.1) is 40.3 Å². The number of anilines is 1. The van der Waals surface area contributed by atoms with Gasteiger partial charge in [-0.1, -0.05) is 12.1 Å². The fourth-order valence-corrected chi connectivity index (χ4v) is 7.37. The Bertz CT molecular complexity index is 1730. The fourth-order valence-electron chi connectivity index (χ4n) is 5.82. The largest absolute Gasteiger partial charge is 0.486 e. The van der Waals surface area contributed by atoms with Gasteiger partial charge in [-0.3, -0.25) is 9.10 Å². The maximum absolute atomic E-state index is 14.3. The molecule has 0 aromatic heterocycles. The summed E-state index contributed by atoms with van der Waals surface area (Å²) >= 11 is 0. The molecule has 0 radical (unpaired) electrons. The molecule has 3 N–H and O–H groups in total. The summed E-state index contributed by atoms with van der Waals surface area (Å²) in [4.78, 5) is 11.5. The number of rotatable bonds is 9. The fraction of sp³-hybridized carbons (Fsp3) is 0.345. The van der Waals surface area contributed by atoms with Crippen molar-refractivity contribution in [2.45, 2.75) is 48.7 Å². The van der Waals surface area contributed by atoms with Crippen LogP contribution in [-0.2, 0) is 21.0 Å². The number of ether oxygens (including phenoxy) is 2. The summed E-state index contributed by atoms with van der Waals surface area (Å²) in [5.41, 5.74) is -4.61. The first-order valence-corrected chi connectivity index (χ1v) is 14.7. The summed E-state index contributed by atoms with van der Waals surface area (Å²) < 4.78 is 119. The highest BCUT2D eigenvalue weighted by atomic mass is 32.2. The van der Waals surface area contributed by atoms with Gasteiger partial charge in [0.2, 0.25) is 0 Å². The molecule has 1 heterocycles. The molecule has 5 rings (SSSR count). The van der Waals surface area contributed by atoms with Gasteiger partial charge in [-0.05, 0) is 66.4 Å². The third-order valence-electron chi connectivity index (χ3n) is 7.77. The van der Waals surface area contributed by atoms with Crippen molar-refractivity contribution in [3.63, 3.8) is 0 Å². The number of hydrogen-bond acceptors (Lipinski definition) is 7. The van der Waals surface area contributed by atoms with Crippen LogP contribution in [0.15, 0.2) is 65.6 Å². The second kappa shape index (κ2) is 11.4. The number of fused-ring (bicyclic) bond motifs is 1. The average molecular weight is 662 g/mol. The highest BCUT2D eigenvalue weighted by Gasteiger charge is 2.59. The Hall–Kier alpha value is -4.02. The van der Waals surface area contributed by atoms with Crippen LogP contribution in [0.2, 0.25) is 0 Å². The zero-order chi connectivity index (χ0) is 32.9. The molecule has 3 aromatic carbocycles. The van der Waals surface area contributed by atoms with E-state index in [1.807, 2.05) is 0 Å². The molecule has 1 saturated carbocycles. The van der Waals surface area contributed by atoms with Crippen molar-refractivity contribution in [3.05, 3.63) is 72.0 Å². The SMILES string of the molecule is O=C(O)[C@]1(C[C@H]2CN(S(=O)(=O)c3cccc(C(F)(F)F)c3)c3cc(-c4cc(F)cc(OC(F)F)c4)ccc3O2)C[C@@](O)(CO)C1. The minimum atomic E-state index is -4.87. The summed E-state index contributed by atoms with van der Waals surface area (Å²) in [5, 5.41) is 29.7. The topological polar surface area (TPSA) is 134 Å². The second-order valence-corrected chi connectivity index (χ2v) is 12.9. The van der Waals surface area contributed by atoms with Gasteiger partial charge in [0.25, 0.3) is 10.0 Å². The van der Waals surface area contributed by atoms with Crippen LogP contribution in [-0.4, -0.2) is 61.2 Å². The number of nitrogens with zero attached hydrogens (tertiary/aromatic N) is 1. The molecular formula is C29H25F6NO8S. The first-order valence-electron chi connectivity index (χ1n) is 13.3. The Kier molecular flexibility index (Phi) is 8.21. The first kappa shape index (κ1) is 32.4. The Morgan fingerprint density at radius 1 is 1.07 bits per heavy atom. The summed E-state index contributed by atoms with van der Waals surface area (Å²) in [6, 6.07) is 9.55. The lowest BCUT2D eigenvalue weighted by atomic mass is 9.57. The molecule has 0 bridgehead atoms. The molecule has 1 fully saturated rings. The molecule has 0 saturated heterocycles. The first-order chi connectivity index (χ1) is 20.9. The second-order valence-electron chi connectivity index (χ2n) is 11.1. The van der Waals surface area contributed by atoms with Crippen LogP contribution in [0.5, 0.6) is 11.5 Å². The molecular weight excluding hydrogens is 636 g/mol. The van der Waals surface area contributed by atoms with E-state index < -0.39 is 81.1 Å². The number of benzene rings is 3. The molecule has 0 spiro atoms. The van der Waals surface area contributed by atoms with Gasteiger partial charge in [0, 0.05) is 12.5 Å². The molecule has 0 unspecified atom stereocenters. The molecule has 2 aliphatic rings. The van der Waals surface area contributed by atoms with Crippen molar-refractivity contribution in [2.75, 3.05) is 17.5 Å². The monoisotopic (exact) mass is 661 g/mol. The Balaban J connectivity index is 1.59. The Morgan fingerprint density at radius 2 is 1.78 bits per heavy atom. The minimum absolute atomic E-state index is 0.00502. The minimum Gasteiger partial charge on any atom is -0.486 e. The van der Waals surface area contributed by atoms with Crippen LogP contribution in [0.3, 0.4) is 0 Å². The van der Waals surface area contributed by atoms with E-state index in [0.29, 0.717) is 18.2 Å². The van der Waals surface area contributed by atoms with E-state index in [2.05, 4.69) is 4.74 Å². The van der Waals surface area contributed by atoms with E-state index in [-0.39, 0.29) is 41.8 Å². The number of carboxylic acid groups (broad SMARTS) is 1. The normalized spacial score (nSPS) is 23.2. The number of halogens is 6. The van der Waals surface area contributed by atoms with Gasteiger partial charge in [0.1, 0.15) is 23.4 Å². The number of carboxylic acids is 1. The average Bonchev–Trinajstić information content (AvgIpc) is 2.94. The van der Waals surface area contributed by atoms with Gasteiger partial charge < -0.3 is 24.8 Å². The number of sulfonamides is 1. The summed E-state index contributed by atoms with van der Waals surface area (Å²) in [5.74, 6) is -2.92. The van der Waals surface area contributed by atoms with Crippen LogP contribution in [0.25, 0.3) is 11.1 Å². The van der Waals surface area contributed by atoms with E-state index >= 15 is 0 Å². The molecule has 1 atom stereocenters. The lowest BCUT2D eigenvalue weighted by molar-refractivity contribution is -0.193. The summed E-state index contributed by atoms with van der Waals surface area (Å²) in [6.45, 7) is -4.55. The van der Waals surface area contributed by atoms with Gasteiger partial charge in [0.15, 0.2) is 0 Å². The number of aliphatic hydroxyl groups excluding tert-OH is 1. The lowest BCUT2D eigenvalue weighted by Gasteiger charge is -2.51. The van der Waals surface area contributed by atoms with Crippen LogP contribution in [0, 0.1) is 11.2 Å². The Morgan fingerprint density at radius 3 is 2.40 bits per heavy atom. The number of hydrogen-bond donors (Lipinski definition) is 3. The van der Waals surface area contributed by atoms with Crippen molar-refractivity contribution >= 4 is 21.7 Å². The molecule has 242 valence electrons. The van der Waals surface area contributed by atoms with E-state index in [1.165, 1.54) is 18.2 Å². The van der Waals surface area contributed by atoms with Crippen molar-refractivity contribution in [3.8, 4) is 22.6 Å². The smallest absolute Gasteiger partial charge is 0.416 e. The number of carbonyl (C=O) groups is 1. The van der Waals surface area contributed by atoms with Gasteiger partial charge >= 0.3 is 18.8 Å². The van der Waals surface area contributed by atoms with Crippen molar-refractivity contribution in [2.24, 2.45) is 5.41 Å². The third-order valence-corrected chi connectivity index (χ3v) is 9.55. The zero-order valence-corrected chi connectivity index (χ0v) is 23.8. The molecule has 1 aliphatic carbocycles. The molecule has 0 amide bonds. The highest BCUT2D eigenvalue weighted by molar-refractivity contribution is 7.92. The predicted molar refractivity (Wildman–Crippen MR) is 145 cm³/mol. The summed E-state index contributed by atoms with van der Waals surface area (Å²) in [7, 11) is -4.80. The van der Waals surface area contributed by atoms with E-state index in [4.69, 9.17) is 4.74 Å². The van der Waals surface area contributed by atoms with E-state index in [0.717, 1.165) is 28.6 Å². The zero-order valence-electron chi connectivity index (χ0n) is 23.0. The van der Waals surface area contributed by atoms with Crippen molar-refractivity contribution in [1.82, 2.24) is 0 Å². The molecule has 9 nitrogen and oxygen atoms in total. The maximum Gasteiger partial charge on any atom is 0.416 e. The Labute approximate surface area is 252 Å². The van der Waals surface area contributed by atoms with Crippen LogP contribution < -0.4 is 13.8 Å². The van der Waals surface area contributed by atoms with Crippen LogP contribution in [0.1, 0.15) is 24.8 Å². The number of aliphatic hydroxyl groups is 2. The van der Waals surface area contributed by atoms with Gasteiger partial charge in [-0.25, -0.2) is 12.8 Å². The predicted octanol–water partition coefficient (Wildman–Crippen LogP) is 5.05. The third kappa shape index (κ3) is 6.39. The van der Waals surface area contributed by atoms with Crippen LogP contribution >= 0.6 is 0 Å². The lowest BCUT2D eigenvalue weighted by Crippen LogP contribution is -2.60. The molecule has 45 heavy (non-hydrogen) atoms. The van der Waals surface area contributed by atoms with E-state index in [1.54, 1.807) is 0 Å². The van der Waals surface area contributed by atoms with Crippen molar-refractivity contribution < 1.29 is 64.3 Å². The molecule has 16 heteroatoms. The van der Waals surface area contributed by atoms with Gasteiger partial charge in [-0.2, -0.15) is 22.0 Å². The molecule has 3 aromatic rings. The highest BCUT2D eigenvalue weighted by Crippen LogP contribution is 2.53. The quantitative estimate of drug-likeness (QED) is 0.272. The van der Waals surface area contributed by atoms with Crippen LogP contribution in [0.4, 0.5) is 32.0 Å². The number of aliphatic carboxylic acids is 1. The van der Waals surface area contributed by atoms with Crippen molar-refractivity contribution in [1.29, 1.82) is 0 Å². The number of alkyl halides is 5.